The molecule has 0 aliphatic carbocycles. The third-order valence-corrected chi connectivity index (χ3v) is 2.92. The van der Waals surface area contributed by atoms with Crippen LogP contribution in [-0.4, -0.2) is 22.9 Å². The average molecular weight is 248 g/mol. The van der Waals surface area contributed by atoms with Crippen molar-refractivity contribution < 1.29 is 9.18 Å². The van der Waals surface area contributed by atoms with E-state index >= 15 is 0 Å². The molecular formula is C14H17FN2O. The molecule has 0 unspecified atom stereocenters. The van der Waals surface area contributed by atoms with E-state index in [1.54, 1.807) is 29.9 Å². The maximum atomic E-state index is 13.7. The Balaban J connectivity index is 2.40. The van der Waals surface area contributed by atoms with Crippen LogP contribution in [0.4, 0.5) is 4.39 Å². The molecule has 96 valence electrons. The van der Waals surface area contributed by atoms with Crippen molar-refractivity contribution in [2.75, 3.05) is 6.54 Å². The molecule has 0 saturated heterocycles. The summed E-state index contributed by atoms with van der Waals surface area (Å²) in [6, 6.07) is 5.06. The minimum Gasteiger partial charge on any atom is -0.347 e. The molecule has 0 amide bonds. The van der Waals surface area contributed by atoms with Crippen LogP contribution < -0.4 is 5.32 Å². The van der Waals surface area contributed by atoms with Crippen LogP contribution >= 0.6 is 0 Å². The van der Waals surface area contributed by atoms with E-state index in [1.165, 1.54) is 6.07 Å². The monoisotopic (exact) mass is 248 g/mol. The summed E-state index contributed by atoms with van der Waals surface area (Å²) in [5.41, 5.74) is 1.05. The highest BCUT2D eigenvalue weighted by molar-refractivity contribution is 6.09. The average Bonchev–Trinajstić information content (AvgIpc) is 2.65. The number of Topliss-reactive ketones (excluding diaryl/α,β-unsaturated/α-hetero) is 1. The lowest BCUT2D eigenvalue weighted by atomic mass is 10.1. The summed E-state index contributed by atoms with van der Waals surface area (Å²) in [4.78, 5) is 12.1. The van der Waals surface area contributed by atoms with Gasteiger partial charge in [0.2, 0.25) is 0 Å². The van der Waals surface area contributed by atoms with Gasteiger partial charge in [-0.1, -0.05) is 26.0 Å². The van der Waals surface area contributed by atoms with Crippen molar-refractivity contribution in [1.29, 1.82) is 0 Å². The molecule has 1 aromatic carbocycles. The van der Waals surface area contributed by atoms with Crippen LogP contribution in [0.1, 0.15) is 24.2 Å². The molecule has 0 saturated carbocycles. The number of aryl methyl sites for hydroxylation is 1. The number of ketones is 1. The highest BCUT2D eigenvalue weighted by Crippen LogP contribution is 2.23. The number of para-hydroxylation sites is 1. The fourth-order valence-electron chi connectivity index (χ4n) is 2.03. The van der Waals surface area contributed by atoms with E-state index in [4.69, 9.17) is 0 Å². The Labute approximate surface area is 106 Å². The van der Waals surface area contributed by atoms with Gasteiger partial charge in [0.25, 0.3) is 0 Å². The zero-order chi connectivity index (χ0) is 13.3. The topological polar surface area (TPSA) is 34.0 Å². The number of carbonyl (C=O) groups excluding carboxylic acids is 1. The Morgan fingerprint density at radius 1 is 1.44 bits per heavy atom. The van der Waals surface area contributed by atoms with Crippen LogP contribution in [0.5, 0.6) is 0 Å². The molecule has 18 heavy (non-hydrogen) atoms. The van der Waals surface area contributed by atoms with Gasteiger partial charge in [-0.05, 0) is 6.07 Å². The number of hydrogen-bond donors (Lipinski definition) is 1. The molecule has 1 N–H and O–H groups in total. The predicted molar refractivity (Wildman–Crippen MR) is 70.3 cm³/mol. The molecule has 2 rings (SSSR count). The molecule has 2 aromatic rings. The van der Waals surface area contributed by atoms with Gasteiger partial charge in [-0.25, -0.2) is 4.39 Å². The largest absolute Gasteiger partial charge is 0.347 e. The highest BCUT2D eigenvalue weighted by atomic mass is 19.1. The molecule has 0 radical (unpaired) electrons. The minimum atomic E-state index is -0.300. The number of aromatic nitrogens is 1. The van der Waals surface area contributed by atoms with E-state index in [0.717, 1.165) is 0 Å². The highest BCUT2D eigenvalue weighted by Gasteiger charge is 2.15. The van der Waals surface area contributed by atoms with Crippen LogP contribution in [0.15, 0.2) is 24.4 Å². The molecule has 0 fully saturated rings. The minimum absolute atomic E-state index is 0.0140. The summed E-state index contributed by atoms with van der Waals surface area (Å²) in [5, 5.41) is 3.75. The number of hydrogen-bond acceptors (Lipinski definition) is 2. The van der Waals surface area contributed by atoms with Crippen molar-refractivity contribution in [2.24, 2.45) is 7.05 Å². The van der Waals surface area contributed by atoms with Gasteiger partial charge in [0.05, 0.1) is 12.1 Å². The normalized spacial score (nSPS) is 11.4. The zero-order valence-corrected chi connectivity index (χ0v) is 10.8. The van der Waals surface area contributed by atoms with E-state index in [0.29, 0.717) is 16.5 Å². The van der Waals surface area contributed by atoms with Gasteiger partial charge < -0.3 is 9.88 Å². The number of carbonyl (C=O) groups is 1. The number of rotatable bonds is 4. The van der Waals surface area contributed by atoms with E-state index < -0.39 is 0 Å². The summed E-state index contributed by atoms with van der Waals surface area (Å²) < 4.78 is 15.4. The Kier molecular flexibility index (Phi) is 3.48. The predicted octanol–water partition coefficient (Wildman–Crippen LogP) is 2.50. The molecule has 3 nitrogen and oxygen atoms in total. The second-order valence-electron chi connectivity index (χ2n) is 4.75. The van der Waals surface area contributed by atoms with Crippen molar-refractivity contribution >= 4 is 16.7 Å². The van der Waals surface area contributed by atoms with E-state index in [-0.39, 0.29) is 24.2 Å². The van der Waals surface area contributed by atoms with Gasteiger partial charge in [0.15, 0.2) is 5.78 Å². The van der Waals surface area contributed by atoms with Crippen LogP contribution in [0.3, 0.4) is 0 Å². The van der Waals surface area contributed by atoms with E-state index in [9.17, 15) is 9.18 Å². The third-order valence-electron chi connectivity index (χ3n) is 2.92. The number of nitrogens with zero attached hydrogens (tertiary/aromatic N) is 1. The molecule has 4 heteroatoms. The molecule has 0 aliphatic rings. The van der Waals surface area contributed by atoms with Crippen LogP contribution in [0.2, 0.25) is 0 Å². The Bertz CT molecular complexity index is 587. The number of fused-ring (bicyclic) bond motifs is 1. The van der Waals surface area contributed by atoms with Crippen LogP contribution in [0, 0.1) is 5.82 Å². The summed E-state index contributed by atoms with van der Waals surface area (Å²) in [5.74, 6) is -0.314. The maximum absolute atomic E-state index is 13.7. The molecule has 0 bridgehead atoms. The standard InChI is InChI=1S/C14H17FN2O/c1-9(2)16-7-13(18)11-8-17(3)14-10(11)5-4-6-12(14)15/h4-6,8-9,16H,7H2,1-3H3. The SMILES string of the molecule is CC(C)NCC(=O)c1cn(C)c2c(F)cccc12. The van der Waals surface area contributed by atoms with Crippen molar-refractivity contribution in [3.8, 4) is 0 Å². The number of nitrogens with one attached hydrogen (secondary N) is 1. The first-order chi connectivity index (χ1) is 8.50. The van der Waals surface area contributed by atoms with Crippen molar-refractivity contribution in [3.63, 3.8) is 0 Å². The van der Waals surface area contributed by atoms with Crippen LogP contribution in [-0.2, 0) is 7.05 Å². The lowest BCUT2D eigenvalue weighted by Crippen LogP contribution is -2.29. The lowest BCUT2D eigenvalue weighted by Gasteiger charge is -2.06. The van der Waals surface area contributed by atoms with Crippen molar-refractivity contribution in [2.45, 2.75) is 19.9 Å². The van der Waals surface area contributed by atoms with Gasteiger partial charge in [-0.15, -0.1) is 0 Å². The number of halogens is 1. The van der Waals surface area contributed by atoms with Gasteiger partial charge in [0.1, 0.15) is 5.82 Å². The van der Waals surface area contributed by atoms with Crippen molar-refractivity contribution in [3.05, 3.63) is 35.8 Å². The van der Waals surface area contributed by atoms with E-state index in [1.807, 2.05) is 13.8 Å². The first kappa shape index (κ1) is 12.8. The van der Waals surface area contributed by atoms with E-state index in [2.05, 4.69) is 5.32 Å². The van der Waals surface area contributed by atoms with Crippen LogP contribution in [0.25, 0.3) is 10.9 Å². The lowest BCUT2D eigenvalue weighted by molar-refractivity contribution is 0.0990. The first-order valence-corrected chi connectivity index (χ1v) is 6.01. The Morgan fingerprint density at radius 3 is 2.83 bits per heavy atom. The second-order valence-corrected chi connectivity index (χ2v) is 4.75. The third kappa shape index (κ3) is 2.29. The molecule has 0 aliphatic heterocycles. The second kappa shape index (κ2) is 4.90. The smallest absolute Gasteiger partial charge is 0.178 e. The van der Waals surface area contributed by atoms with Crippen molar-refractivity contribution in [1.82, 2.24) is 9.88 Å². The summed E-state index contributed by atoms with van der Waals surface area (Å²) >= 11 is 0. The molecular weight excluding hydrogens is 231 g/mol. The summed E-state index contributed by atoms with van der Waals surface area (Å²) in [7, 11) is 1.75. The zero-order valence-electron chi connectivity index (χ0n) is 10.8. The molecule has 0 atom stereocenters. The van der Waals surface area contributed by atoms with Gasteiger partial charge in [-0.2, -0.15) is 0 Å². The Morgan fingerprint density at radius 2 is 2.17 bits per heavy atom. The quantitative estimate of drug-likeness (QED) is 0.843. The fraction of sp³-hybridized carbons (Fsp3) is 0.357. The number of benzene rings is 1. The molecule has 0 spiro atoms. The summed E-state index contributed by atoms with van der Waals surface area (Å²) in [6.07, 6.45) is 1.69. The maximum Gasteiger partial charge on any atom is 0.178 e. The summed E-state index contributed by atoms with van der Waals surface area (Å²) in [6.45, 7) is 4.24. The van der Waals surface area contributed by atoms with Gasteiger partial charge in [-0.3, -0.25) is 4.79 Å². The Hall–Kier alpha value is -1.68. The molecule has 1 aromatic heterocycles. The van der Waals surface area contributed by atoms with Gasteiger partial charge in [0, 0.05) is 30.2 Å². The molecule has 1 heterocycles. The first-order valence-electron chi connectivity index (χ1n) is 6.01. The van der Waals surface area contributed by atoms with Gasteiger partial charge >= 0.3 is 0 Å². The fourth-order valence-corrected chi connectivity index (χ4v) is 2.03.